The zero-order chi connectivity index (χ0) is 21.4. The van der Waals surface area contributed by atoms with E-state index in [2.05, 4.69) is 26.0 Å². The summed E-state index contributed by atoms with van der Waals surface area (Å²) in [6.07, 6.45) is 2.01. The minimum atomic E-state index is 0.154. The van der Waals surface area contributed by atoms with E-state index in [0.29, 0.717) is 19.5 Å². The number of para-hydroxylation sites is 1. The van der Waals surface area contributed by atoms with Gasteiger partial charge in [-0.15, -0.1) is 11.3 Å². The van der Waals surface area contributed by atoms with Crippen LogP contribution >= 0.6 is 11.3 Å². The fraction of sp³-hybridized carbons (Fsp3) is 0.304. The zero-order valence-electron chi connectivity index (χ0n) is 17.7. The molecule has 4 aromatic rings. The Kier molecular flexibility index (Phi) is 5.15. The number of carbonyl (C=O) groups is 1. The summed E-state index contributed by atoms with van der Waals surface area (Å²) in [5.74, 6) is 1.12. The normalized spacial score (nSPS) is 14.4. The van der Waals surface area contributed by atoms with Gasteiger partial charge in [0.05, 0.1) is 23.2 Å². The molecule has 0 atom stereocenters. The summed E-state index contributed by atoms with van der Waals surface area (Å²) in [5.41, 5.74) is 3.97. The molecule has 1 aliphatic heterocycles. The number of aromatic nitrogens is 4. The fourth-order valence-corrected chi connectivity index (χ4v) is 4.94. The molecule has 158 valence electrons. The number of thiophene rings is 1. The average molecular weight is 433 g/mol. The van der Waals surface area contributed by atoms with Gasteiger partial charge in [-0.25, -0.2) is 14.6 Å². The van der Waals surface area contributed by atoms with E-state index in [-0.39, 0.29) is 5.91 Å². The van der Waals surface area contributed by atoms with E-state index in [1.54, 1.807) is 17.7 Å². The smallest absolute Gasteiger partial charge is 0.227 e. The maximum absolute atomic E-state index is 13.1. The summed E-state index contributed by atoms with van der Waals surface area (Å²) < 4.78 is 1.93. The second-order valence-corrected chi connectivity index (χ2v) is 8.67. The highest BCUT2D eigenvalue weighted by atomic mass is 32.1. The third kappa shape index (κ3) is 3.67. The molecular weight excluding hydrogens is 408 g/mol. The molecule has 1 amide bonds. The largest absolute Gasteiger partial charge is 0.352 e. The Labute approximate surface area is 185 Å². The van der Waals surface area contributed by atoms with Gasteiger partial charge in [0.25, 0.3) is 0 Å². The van der Waals surface area contributed by atoms with Crippen LogP contribution in [-0.4, -0.2) is 56.7 Å². The molecule has 1 saturated heterocycles. The van der Waals surface area contributed by atoms with Crippen molar-refractivity contribution in [3.63, 3.8) is 0 Å². The van der Waals surface area contributed by atoms with Gasteiger partial charge >= 0.3 is 0 Å². The monoisotopic (exact) mass is 432 g/mol. The van der Waals surface area contributed by atoms with Crippen molar-refractivity contribution in [3.8, 4) is 5.69 Å². The minimum Gasteiger partial charge on any atom is -0.352 e. The summed E-state index contributed by atoms with van der Waals surface area (Å²) >= 11 is 1.62. The van der Waals surface area contributed by atoms with E-state index in [1.165, 1.54) is 0 Å². The molecule has 1 aromatic carbocycles. The van der Waals surface area contributed by atoms with Crippen LogP contribution in [0.25, 0.3) is 15.9 Å². The van der Waals surface area contributed by atoms with Crippen LogP contribution in [-0.2, 0) is 11.2 Å². The van der Waals surface area contributed by atoms with Crippen molar-refractivity contribution in [2.24, 2.45) is 0 Å². The minimum absolute atomic E-state index is 0.154. The summed E-state index contributed by atoms with van der Waals surface area (Å²) in [6.45, 7) is 6.95. The van der Waals surface area contributed by atoms with Crippen LogP contribution in [0.1, 0.15) is 17.0 Å². The summed E-state index contributed by atoms with van der Waals surface area (Å²) in [6, 6.07) is 12.1. The SMILES string of the molecule is Cc1nn(-c2ccccc2)c(C)c1CC(=O)N1CCN(c2ncnc3sccc23)CC1. The molecule has 3 aromatic heterocycles. The van der Waals surface area contributed by atoms with Gasteiger partial charge in [0.1, 0.15) is 17.0 Å². The summed E-state index contributed by atoms with van der Waals surface area (Å²) in [4.78, 5) is 27.1. The number of hydrogen-bond acceptors (Lipinski definition) is 6. The number of nitrogens with zero attached hydrogens (tertiary/aromatic N) is 6. The lowest BCUT2D eigenvalue weighted by Crippen LogP contribution is -2.49. The Hall–Kier alpha value is -3.26. The van der Waals surface area contributed by atoms with Gasteiger partial charge < -0.3 is 9.80 Å². The Morgan fingerprint density at radius 1 is 1.03 bits per heavy atom. The van der Waals surface area contributed by atoms with Gasteiger partial charge in [0.15, 0.2) is 0 Å². The van der Waals surface area contributed by atoms with Crippen LogP contribution in [0.2, 0.25) is 0 Å². The van der Waals surface area contributed by atoms with Crippen molar-refractivity contribution in [2.75, 3.05) is 31.1 Å². The van der Waals surface area contributed by atoms with Crippen LogP contribution < -0.4 is 4.90 Å². The quantitative estimate of drug-likeness (QED) is 0.495. The van der Waals surface area contributed by atoms with Crippen molar-refractivity contribution in [3.05, 3.63) is 65.1 Å². The van der Waals surface area contributed by atoms with Gasteiger partial charge in [-0.05, 0) is 37.4 Å². The molecule has 5 rings (SSSR count). The molecule has 1 fully saturated rings. The first-order chi connectivity index (χ1) is 15.1. The van der Waals surface area contributed by atoms with Gasteiger partial charge in [0.2, 0.25) is 5.91 Å². The Morgan fingerprint density at radius 2 is 1.81 bits per heavy atom. The van der Waals surface area contributed by atoms with Crippen molar-refractivity contribution in [1.82, 2.24) is 24.6 Å². The predicted molar refractivity (Wildman–Crippen MR) is 123 cm³/mol. The molecule has 4 heterocycles. The van der Waals surface area contributed by atoms with Crippen LogP contribution in [0, 0.1) is 13.8 Å². The second-order valence-electron chi connectivity index (χ2n) is 7.78. The van der Waals surface area contributed by atoms with Crippen LogP contribution in [0.4, 0.5) is 5.82 Å². The maximum Gasteiger partial charge on any atom is 0.227 e. The first-order valence-corrected chi connectivity index (χ1v) is 11.3. The Bertz CT molecular complexity index is 1220. The first-order valence-electron chi connectivity index (χ1n) is 10.4. The molecule has 0 unspecified atom stereocenters. The number of amides is 1. The van der Waals surface area contributed by atoms with E-state index in [0.717, 1.165) is 51.8 Å². The highest BCUT2D eigenvalue weighted by molar-refractivity contribution is 7.16. The second kappa shape index (κ2) is 8.11. The zero-order valence-corrected chi connectivity index (χ0v) is 18.5. The number of rotatable bonds is 4. The average Bonchev–Trinajstić information content (AvgIpc) is 3.40. The van der Waals surface area contributed by atoms with E-state index in [4.69, 9.17) is 0 Å². The lowest BCUT2D eigenvalue weighted by molar-refractivity contribution is -0.130. The molecule has 0 aliphatic carbocycles. The molecule has 0 saturated carbocycles. The van der Waals surface area contributed by atoms with Crippen molar-refractivity contribution >= 4 is 33.3 Å². The van der Waals surface area contributed by atoms with Crippen LogP contribution in [0.3, 0.4) is 0 Å². The maximum atomic E-state index is 13.1. The van der Waals surface area contributed by atoms with Crippen molar-refractivity contribution < 1.29 is 4.79 Å². The molecule has 0 bridgehead atoms. The van der Waals surface area contributed by atoms with Crippen LogP contribution in [0.5, 0.6) is 0 Å². The van der Waals surface area contributed by atoms with Gasteiger partial charge in [0, 0.05) is 37.4 Å². The lowest BCUT2D eigenvalue weighted by Gasteiger charge is -2.35. The molecule has 1 aliphatic rings. The Balaban J connectivity index is 1.28. The van der Waals surface area contributed by atoms with E-state index in [9.17, 15) is 4.79 Å². The fourth-order valence-electron chi connectivity index (χ4n) is 4.21. The first kappa shape index (κ1) is 19.7. The number of piperazine rings is 1. The molecule has 0 spiro atoms. The van der Waals surface area contributed by atoms with Gasteiger partial charge in [-0.3, -0.25) is 4.79 Å². The predicted octanol–water partition coefficient (Wildman–Crippen LogP) is 3.39. The van der Waals surface area contributed by atoms with E-state index in [1.807, 2.05) is 59.1 Å². The molecule has 7 nitrogen and oxygen atoms in total. The van der Waals surface area contributed by atoms with Gasteiger partial charge in [-0.2, -0.15) is 5.10 Å². The molecular formula is C23H24N6OS. The van der Waals surface area contributed by atoms with Crippen LogP contribution in [0.15, 0.2) is 48.1 Å². The summed E-state index contributed by atoms with van der Waals surface area (Å²) in [5, 5.41) is 7.81. The molecule has 0 radical (unpaired) electrons. The Morgan fingerprint density at radius 3 is 2.58 bits per heavy atom. The standard InChI is InChI=1S/C23H24N6OS/c1-16-20(17(2)29(26-16)18-6-4-3-5-7-18)14-21(30)27-9-11-28(12-10-27)22-19-8-13-31-23(19)25-15-24-22/h3-8,13,15H,9-12,14H2,1-2H3. The number of hydrogen-bond donors (Lipinski definition) is 0. The lowest BCUT2D eigenvalue weighted by atomic mass is 10.1. The van der Waals surface area contributed by atoms with Crippen molar-refractivity contribution in [2.45, 2.75) is 20.3 Å². The number of anilines is 1. The highest BCUT2D eigenvalue weighted by Gasteiger charge is 2.25. The molecule has 8 heteroatoms. The van der Waals surface area contributed by atoms with Gasteiger partial charge in [-0.1, -0.05) is 18.2 Å². The number of benzene rings is 1. The third-order valence-electron chi connectivity index (χ3n) is 5.94. The van der Waals surface area contributed by atoms with E-state index < -0.39 is 0 Å². The van der Waals surface area contributed by atoms with Crippen molar-refractivity contribution in [1.29, 1.82) is 0 Å². The third-order valence-corrected chi connectivity index (χ3v) is 6.76. The summed E-state index contributed by atoms with van der Waals surface area (Å²) in [7, 11) is 0. The highest BCUT2D eigenvalue weighted by Crippen LogP contribution is 2.27. The van der Waals surface area contributed by atoms with E-state index >= 15 is 0 Å². The molecule has 0 N–H and O–H groups in total. The number of aryl methyl sites for hydroxylation is 1. The topological polar surface area (TPSA) is 67.2 Å². The number of carbonyl (C=O) groups excluding carboxylic acids is 1. The molecule has 31 heavy (non-hydrogen) atoms. The number of fused-ring (bicyclic) bond motifs is 1.